The molecule has 0 amide bonds. The molecule has 0 radical (unpaired) electrons. The average Bonchev–Trinajstić information content (AvgIpc) is 3.40. The molecule has 0 aliphatic heterocycles. The van der Waals surface area contributed by atoms with Gasteiger partial charge in [0, 0.05) is 23.7 Å². The molecule has 260 valence electrons. The molecule has 2 saturated carbocycles. The lowest BCUT2D eigenvalue weighted by Gasteiger charge is -2.49. The van der Waals surface area contributed by atoms with E-state index in [1.807, 2.05) is 34.6 Å². The van der Waals surface area contributed by atoms with Gasteiger partial charge in [-0.2, -0.15) is 0 Å². The quantitative estimate of drug-likeness (QED) is 0.108. The van der Waals surface area contributed by atoms with Gasteiger partial charge in [0.1, 0.15) is 11.7 Å². The van der Waals surface area contributed by atoms with E-state index in [-0.39, 0.29) is 23.2 Å². The Morgan fingerprint density at radius 1 is 1.02 bits per heavy atom. The smallest absolute Gasteiger partial charge is 0.309 e. The zero-order chi connectivity index (χ0) is 34.2. The minimum absolute atomic E-state index is 0.0176. The fraction of sp³-hybridized carbons (Fsp3) is 0.816. The number of hydrogen-bond donors (Lipinski definition) is 3. The lowest BCUT2D eigenvalue weighted by molar-refractivity contribution is -0.206. The van der Waals surface area contributed by atoms with Crippen molar-refractivity contribution in [1.29, 1.82) is 0 Å². The summed E-state index contributed by atoms with van der Waals surface area (Å²) in [7, 11) is 0. The number of carbonyl (C=O) groups is 3. The SMILES string of the molecule is CCCCCCCCCCCC(=O)O[C@@]12C[C@@H](C)C34C=C(C)[C@H](OC(=O)C(C)C(C)C)[C@@]3(O)[C@H](O)C(CO)=C[C@H](C4=O)C1C2(C)C. The molecule has 0 saturated heterocycles. The summed E-state index contributed by atoms with van der Waals surface area (Å²) in [5.41, 5.74) is -4.77. The van der Waals surface area contributed by atoms with Gasteiger partial charge >= 0.3 is 11.9 Å². The molecule has 0 aromatic rings. The van der Waals surface area contributed by atoms with Crippen LogP contribution in [-0.2, 0) is 23.9 Å². The van der Waals surface area contributed by atoms with Crippen molar-refractivity contribution < 1.29 is 39.2 Å². The van der Waals surface area contributed by atoms with E-state index in [9.17, 15) is 29.7 Å². The van der Waals surface area contributed by atoms with E-state index < -0.39 is 70.5 Å². The van der Waals surface area contributed by atoms with Gasteiger partial charge in [-0.15, -0.1) is 0 Å². The fourth-order valence-corrected chi connectivity index (χ4v) is 9.22. The Bertz CT molecular complexity index is 1220. The normalized spacial score (nSPS) is 36.5. The Balaban J connectivity index is 1.60. The highest BCUT2D eigenvalue weighted by molar-refractivity contribution is 5.96. The van der Waals surface area contributed by atoms with Crippen LogP contribution in [0.4, 0.5) is 0 Å². The second-order valence-electron chi connectivity index (χ2n) is 15.9. The fourth-order valence-electron chi connectivity index (χ4n) is 9.22. The first-order valence-electron chi connectivity index (χ1n) is 18.0. The molecule has 3 N–H and O–H groups in total. The predicted molar refractivity (Wildman–Crippen MR) is 176 cm³/mol. The zero-order valence-corrected chi connectivity index (χ0v) is 29.6. The van der Waals surface area contributed by atoms with E-state index in [0.29, 0.717) is 18.4 Å². The number of esters is 2. The summed E-state index contributed by atoms with van der Waals surface area (Å²) in [6.45, 7) is 14.8. The summed E-state index contributed by atoms with van der Waals surface area (Å²) >= 11 is 0. The minimum atomic E-state index is -2.24. The zero-order valence-electron chi connectivity index (χ0n) is 29.6. The Morgan fingerprint density at radius 2 is 1.61 bits per heavy atom. The number of fused-ring (bicyclic) bond motifs is 3. The largest absolute Gasteiger partial charge is 0.458 e. The molecule has 4 aliphatic carbocycles. The highest BCUT2D eigenvalue weighted by atomic mass is 16.6. The van der Waals surface area contributed by atoms with Gasteiger partial charge in [0.15, 0.2) is 17.5 Å². The van der Waals surface area contributed by atoms with Gasteiger partial charge < -0.3 is 24.8 Å². The molecule has 0 aromatic carbocycles. The molecule has 2 fully saturated rings. The molecule has 2 bridgehead atoms. The number of allylic oxidation sites excluding steroid dienone is 1. The van der Waals surface area contributed by atoms with E-state index in [4.69, 9.17) is 9.47 Å². The van der Waals surface area contributed by atoms with Crippen molar-refractivity contribution in [3.05, 3.63) is 23.3 Å². The Morgan fingerprint density at radius 3 is 2.17 bits per heavy atom. The molecule has 1 spiro atoms. The van der Waals surface area contributed by atoms with Crippen LogP contribution in [0.3, 0.4) is 0 Å². The predicted octanol–water partition coefficient (Wildman–Crippen LogP) is 6.24. The molecular weight excluding hydrogens is 584 g/mol. The number of aliphatic hydroxyl groups excluding tert-OH is 2. The van der Waals surface area contributed by atoms with Crippen LogP contribution in [0.2, 0.25) is 0 Å². The van der Waals surface area contributed by atoms with E-state index in [1.54, 1.807) is 26.0 Å². The molecule has 46 heavy (non-hydrogen) atoms. The topological polar surface area (TPSA) is 130 Å². The van der Waals surface area contributed by atoms with Crippen LogP contribution in [0.1, 0.15) is 126 Å². The van der Waals surface area contributed by atoms with Crippen LogP contribution in [0.15, 0.2) is 23.3 Å². The van der Waals surface area contributed by atoms with Crippen molar-refractivity contribution >= 4 is 17.7 Å². The van der Waals surface area contributed by atoms with Gasteiger partial charge in [-0.1, -0.05) is 112 Å². The second-order valence-corrected chi connectivity index (χ2v) is 15.9. The number of rotatable bonds is 15. The van der Waals surface area contributed by atoms with Gasteiger partial charge in [-0.05, 0) is 42.7 Å². The van der Waals surface area contributed by atoms with Crippen LogP contribution in [0.25, 0.3) is 0 Å². The van der Waals surface area contributed by atoms with Gasteiger partial charge in [0.2, 0.25) is 0 Å². The van der Waals surface area contributed by atoms with Crippen LogP contribution in [0, 0.1) is 40.4 Å². The van der Waals surface area contributed by atoms with Crippen LogP contribution < -0.4 is 0 Å². The van der Waals surface area contributed by atoms with Crippen LogP contribution >= 0.6 is 0 Å². The number of carbonyl (C=O) groups excluding carboxylic acids is 3. The maximum Gasteiger partial charge on any atom is 0.309 e. The van der Waals surface area contributed by atoms with Crippen molar-refractivity contribution in [1.82, 2.24) is 0 Å². The summed E-state index contributed by atoms with van der Waals surface area (Å²) in [5, 5.41) is 35.0. The average molecular weight is 645 g/mol. The second kappa shape index (κ2) is 13.8. The standard InChI is InChI=1S/C38H60O8/c1-9-10-11-12-13-14-15-16-17-18-29(40)46-37-21-25(5)36-20-24(4)33(45-34(43)26(6)23(2)3)38(36,44)31(41)27(22-39)19-28(32(36)42)30(37)35(37,7)8/h19-20,23,25-26,28,30-31,33,39,41,44H,9-18,21-22H2,1-8H3/t25-,26?,28+,30?,31-,33+,36?,37+,38+/m1/s1. The van der Waals surface area contributed by atoms with Crippen molar-refractivity contribution in [3.63, 3.8) is 0 Å². The third-order valence-electron chi connectivity index (χ3n) is 12.4. The molecule has 8 nitrogen and oxygen atoms in total. The lowest BCUT2D eigenvalue weighted by atomic mass is 9.59. The minimum Gasteiger partial charge on any atom is -0.458 e. The molecule has 3 unspecified atom stereocenters. The van der Waals surface area contributed by atoms with Gasteiger partial charge in [-0.3, -0.25) is 14.4 Å². The van der Waals surface area contributed by atoms with Crippen molar-refractivity contribution in [2.24, 2.45) is 40.4 Å². The maximum atomic E-state index is 14.9. The number of ether oxygens (including phenoxy) is 2. The molecule has 0 heterocycles. The Hall–Kier alpha value is -2.03. The number of unbranched alkanes of at least 4 members (excludes halogenated alkanes) is 8. The van der Waals surface area contributed by atoms with Crippen molar-refractivity contribution in [2.75, 3.05) is 6.61 Å². The highest BCUT2D eigenvalue weighted by Gasteiger charge is 2.83. The lowest BCUT2D eigenvalue weighted by Crippen LogP contribution is -2.66. The summed E-state index contributed by atoms with van der Waals surface area (Å²) in [5.74, 6) is -3.39. The third kappa shape index (κ3) is 5.83. The number of Topliss-reactive ketones (excluding diaryl/α,β-unsaturated/α-hetero) is 1. The van der Waals surface area contributed by atoms with Crippen LogP contribution in [0.5, 0.6) is 0 Å². The maximum absolute atomic E-state index is 14.9. The molecule has 8 heteroatoms. The molecule has 9 atom stereocenters. The van der Waals surface area contributed by atoms with E-state index in [2.05, 4.69) is 6.92 Å². The Kier molecular flexibility index (Phi) is 11.1. The molecule has 4 aliphatic rings. The summed E-state index contributed by atoms with van der Waals surface area (Å²) in [6, 6.07) is 0. The van der Waals surface area contributed by atoms with E-state index in [0.717, 1.165) is 19.3 Å². The summed E-state index contributed by atoms with van der Waals surface area (Å²) in [4.78, 5) is 41.5. The Labute approximate surface area is 276 Å². The first-order valence-corrected chi connectivity index (χ1v) is 18.0. The highest BCUT2D eigenvalue weighted by Crippen LogP contribution is 2.75. The van der Waals surface area contributed by atoms with Gasteiger partial charge in [0.25, 0.3) is 0 Å². The monoisotopic (exact) mass is 644 g/mol. The van der Waals surface area contributed by atoms with Gasteiger partial charge in [0.05, 0.1) is 17.9 Å². The summed E-state index contributed by atoms with van der Waals surface area (Å²) < 4.78 is 12.4. The first-order chi connectivity index (χ1) is 21.6. The van der Waals surface area contributed by atoms with Crippen molar-refractivity contribution in [3.8, 4) is 0 Å². The number of ketones is 1. The third-order valence-corrected chi connectivity index (χ3v) is 12.4. The summed E-state index contributed by atoms with van der Waals surface area (Å²) in [6.07, 6.45) is 11.3. The van der Waals surface area contributed by atoms with Crippen molar-refractivity contribution in [2.45, 2.75) is 149 Å². The first kappa shape index (κ1) is 36.8. The molecule has 0 aromatic heterocycles. The molecular formula is C38H60O8. The van der Waals surface area contributed by atoms with E-state index >= 15 is 0 Å². The van der Waals surface area contributed by atoms with E-state index in [1.165, 1.54) is 38.5 Å². The number of aliphatic hydroxyl groups is 3. The van der Waals surface area contributed by atoms with Gasteiger partial charge in [-0.25, -0.2) is 0 Å². The molecule has 4 rings (SSSR count). The van der Waals surface area contributed by atoms with Crippen LogP contribution in [-0.4, -0.2) is 63.1 Å². The number of hydrogen-bond acceptors (Lipinski definition) is 8.